The predicted octanol–water partition coefficient (Wildman–Crippen LogP) is 0.666. The van der Waals surface area contributed by atoms with Crippen molar-refractivity contribution in [1.29, 1.82) is 0 Å². The lowest BCUT2D eigenvalue weighted by molar-refractivity contribution is 0.0745. The largest absolute Gasteiger partial charge is 0.381 e. The maximum Gasteiger partial charge on any atom is 0.0480 e. The first kappa shape index (κ1) is 10.6. The van der Waals surface area contributed by atoms with Crippen molar-refractivity contribution in [3.63, 3.8) is 0 Å². The van der Waals surface area contributed by atoms with E-state index >= 15 is 0 Å². The highest BCUT2D eigenvalue weighted by atomic mass is 32.2. The van der Waals surface area contributed by atoms with Crippen LogP contribution in [-0.2, 0) is 15.5 Å². The molecule has 0 aromatic carbocycles. The van der Waals surface area contributed by atoms with Crippen molar-refractivity contribution in [1.82, 2.24) is 5.32 Å². The topological polar surface area (TPSA) is 38.3 Å². The first-order chi connectivity index (χ1) is 6.84. The fraction of sp³-hybridized carbons (Fsp3) is 1.00. The Bertz CT molecular complexity index is 194. The van der Waals surface area contributed by atoms with Gasteiger partial charge in [-0.2, -0.15) is 0 Å². The molecule has 0 radical (unpaired) electrons. The van der Waals surface area contributed by atoms with E-state index in [4.69, 9.17) is 4.74 Å². The highest BCUT2D eigenvalue weighted by molar-refractivity contribution is 7.85. The minimum absolute atomic E-state index is 0.532. The summed E-state index contributed by atoms with van der Waals surface area (Å²) < 4.78 is 16.5. The lowest BCUT2D eigenvalue weighted by Gasteiger charge is -2.30. The van der Waals surface area contributed by atoms with Gasteiger partial charge in [0.05, 0.1) is 0 Å². The van der Waals surface area contributed by atoms with Gasteiger partial charge in [-0.1, -0.05) is 0 Å². The highest BCUT2D eigenvalue weighted by Gasteiger charge is 2.21. The van der Waals surface area contributed by atoms with E-state index in [1.807, 2.05) is 0 Å². The number of hydrogen-bond donors (Lipinski definition) is 1. The van der Waals surface area contributed by atoms with Crippen molar-refractivity contribution >= 4 is 10.8 Å². The van der Waals surface area contributed by atoms with E-state index in [0.717, 1.165) is 50.4 Å². The van der Waals surface area contributed by atoms with Gasteiger partial charge in [0.25, 0.3) is 0 Å². The highest BCUT2D eigenvalue weighted by Crippen LogP contribution is 2.13. The van der Waals surface area contributed by atoms with Crippen molar-refractivity contribution < 1.29 is 8.95 Å². The summed E-state index contributed by atoms with van der Waals surface area (Å²) >= 11 is 0. The Morgan fingerprint density at radius 2 is 1.57 bits per heavy atom. The summed E-state index contributed by atoms with van der Waals surface area (Å²) in [4.78, 5) is 0. The van der Waals surface area contributed by atoms with Gasteiger partial charge in [0, 0.05) is 47.6 Å². The minimum Gasteiger partial charge on any atom is -0.381 e. The second-order valence-corrected chi connectivity index (χ2v) is 5.87. The van der Waals surface area contributed by atoms with Gasteiger partial charge in [0.15, 0.2) is 0 Å². The summed E-state index contributed by atoms with van der Waals surface area (Å²) in [7, 11) is -0.532. The normalized spacial score (nSPS) is 35.7. The molecular formula is C10H19NO2S. The molecule has 4 heteroatoms. The number of hydrogen-bond acceptors (Lipinski definition) is 3. The standard InChI is InChI=1S/C10H19NO2S/c12-14-7-3-10(4-8-14)11-9-1-5-13-6-2-9/h9-11H,1-8H2. The summed E-state index contributed by atoms with van der Waals surface area (Å²) in [6.45, 7) is 1.80. The van der Waals surface area contributed by atoms with Crippen LogP contribution in [-0.4, -0.2) is 41.0 Å². The zero-order valence-corrected chi connectivity index (χ0v) is 9.35. The van der Waals surface area contributed by atoms with Gasteiger partial charge < -0.3 is 10.1 Å². The molecule has 2 fully saturated rings. The quantitative estimate of drug-likeness (QED) is 0.738. The second-order valence-electron chi connectivity index (χ2n) is 4.18. The molecule has 0 atom stereocenters. The summed E-state index contributed by atoms with van der Waals surface area (Å²) in [6.07, 6.45) is 4.45. The van der Waals surface area contributed by atoms with E-state index in [2.05, 4.69) is 5.32 Å². The Balaban J connectivity index is 1.71. The van der Waals surface area contributed by atoms with Gasteiger partial charge in [0.1, 0.15) is 0 Å². The maximum atomic E-state index is 11.2. The fourth-order valence-electron chi connectivity index (χ4n) is 2.16. The van der Waals surface area contributed by atoms with E-state index in [1.54, 1.807) is 0 Å². The van der Waals surface area contributed by atoms with E-state index in [0.29, 0.717) is 12.1 Å². The molecule has 0 aromatic heterocycles. The van der Waals surface area contributed by atoms with Crippen LogP contribution in [0.25, 0.3) is 0 Å². The van der Waals surface area contributed by atoms with E-state index in [-0.39, 0.29) is 0 Å². The summed E-state index contributed by atoms with van der Waals surface area (Å²) in [5.74, 6) is 1.78. The number of rotatable bonds is 2. The van der Waals surface area contributed by atoms with E-state index < -0.39 is 10.8 Å². The zero-order valence-electron chi connectivity index (χ0n) is 8.54. The molecule has 0 saturated carbocycles. The van der Waals surface area contributed by atoms with Gasteiger partial charge in [0.2, 0.25) is 0 Å². The summed E-state index contributed by atoms with van der Waals surface area (Å²) in [5.41, 5.74) is 0. The molecule has 14 heavy (non-hydrogen) atoms. The van der Waals surface area contributed by atoms with Crippen LogP contribution in [0.1, 0.15) is 25.7 Å². The monoisotopic (exact) mass is 217 g/mol. The molecule has 0 aliphatic carbocycles. The average molecular weight is 217 g/mol. The Morgan fingerprint density at radius 3 is 2.21 bits per heavy atom. The van der Waals surface area contributed by atoms with E-state index in [1.165, 1.54) is 0 Å². The minimum atomic E-state index is -0.532. The molecule has 0 spiro atoms. The van der Waals surface area contributed by atoms with Crippen molar-refractivity contribution in [3.05, 3.63) is 0 Å². The predicted molar refractivity (Wildman–Crippen MR) is 57.9 cm³/mol. The van der Waals surface area contributed by atoms with Gasteiger partial charge in [-0.25, -0.2) is 0 Å². The zero-order chi connectivity index (χ0) is 9.80. The summed E-state index contributed by atoms with van der Waals surface area (Å²) in [6, 6.07) is 1.25. The second kappa shape index (κ2) is 5.24. The van der Waals surface area contributed by atoms with Crippen LogP contribution in [0.2, 0.25) is 0 Å². The van der Waals surface area contributed by atoms with Crippen molar-refractivity contribution in [3.8, 4) is 0 Å². The smallest absolute Gasteiger partial charge is 0.0480 e. The van der Waals surface area contributed by atoms with E-state index in [9.17, 15) is 4.21 Å². The third kappa shape index (κ3) is 3.04. The molecule has 2 aliphatic rings. The summed E-state index contributed by atoms with van der Waals surface area (Å²) in [5, 5.41) is 3.66. The van der Waals surface area contributed by atoms with Crippen molar-refractivity contribution in [2.45, 2.75) is 37.8 Å². The van der Waals surface area contributed by atoms with Crippen LogP contribution in [0, 0.1) is 0 Å². The molecule has 0 unspecified atom stereocenters. The first-order valence-corrected chi connectivity index (χ1v) is 7.02. The lowest BCUT2D eigenvalue weighted by Crippen LogP contribution is -2.44. The molecule has 1 N–H and O–H groups in total. The molecular weight excluding hydrogens is 198 g/mol. The number of ether oxygens (including phenoxy) is 1. The molecule has 82 valence electrons. The van der Waals surface area contributed by atoms with Gasteiger partial charge in [-0.3, -0.25) is 4.21 Å². The fourth-order valence-corrected chi connectivity index (χ4v) is 3.46. The average Bonchev–Trinajstić information content (AvgIpc) is 2.23. The molecule has 3 nitrogen and oxygen atoms in total. The van der Waals surface area contributed by atoms with Crippen LogP contribution < -0.4 is 5.32 Å². The molecule has 0 amide bonds. The molecule has 2 heterocycles. The third-order valence-electron chi connectivity index (χ3n) is 3.08. The van der Waals surface area contributed by atoms with Crippen LogP contribution in [0.5, 0.6) is 0 Å². The van der Waals surface area contributed by atoms with Crippen molar-refractivity contribution in [2.24, 2.45) is 0 Å². The van der Waals surface area contributed by atoms with Gasteiger partial charge >= 0.3 is 0 Å². The molecule has 0 bridgehead atoms. The lowest BCUT2D eigenvalue weighted by atomic mass is 10.1. The molecule has 2 saturated heterocycles. The molecule has 2 aliphatic heterocycles. The Morgan fingerprint density at radius 1 is 1.00 bits per heavy atom. The van der Waals surface area contributed by atoms with Gasteiger partial charge in [-0.15, -0.1) is 0 Å². The third-order valence-corrected chi connectivity index (χ3v) is 4.46. The molecule has 0 aromatic rings. The SMILES string of the molecule is O=S1CCC(NC2CCOCC2)CC1. The van der Waals surface area contributed by atoms with Crippen LogP contribution in [0.3, 0.4) is 0 Å². The Kier molecular flexibility index (Phi) is 3.96. The maximum absolute atomic E-state index is 11.2. The molecule has 2 rings (SSSR count). The van der Waals surface area contributed by atoms with Crippen molar-refractivity contribution in [2.75, 3.05) is 24.7 Å². The van der Waals surface area contributed by atoms with Crippen LogP contribution in [0.15, 0.2) is 0 Å². The number of nitrogens with one attached hydrogen (secondary N) is 1. The van der Waals surface area contributed by atoms with Crippen LogP contribution in [0.4, 0.5) is 0 Å². The van der Waals surface area contributed by atoms with Crippen LogP contribution >= 0.6 is 0 Å². The first-order valence-electron chi connectivity index (χ1n) is 5.53. The van der Waals surface area contributed by atoms with Gasteiger partial charge in [-0.05, 0) is 25.7 Å². The Hall–Kier alpha value is 0.0700. The Labute approximate surface area is 88.0 Å².